The normalized spacial score (nSPS) is 11.6. The molecule has 1 N–H and O–H groups in total. The highest BCUT2D eigenvalue weighted by atomic mass is 35.5. The first-order valence-electron chi connectivity index (χ1n) is 4.28. The number of benzene rings is 1. The Morgan fingerprint density at radius 1 is 1.31 bits per heavy atom. The Labute approximate surface area is 94.2 Å². The van der Waals surface area contributed by atoms with Crippen LogP contribution in [0.25, 0.3) is 0 Å². The third-order valence-electron chi connectivity index (χ3n) is 1.62. The molecular formula is C9H8ClF4NO. The van der Waals surface area contributed by atoms with Crippen LogP contribution in [0.15, 0.2) is 18.2 Å². The monoisotopic (exact) mass is 257 g/mol. The van der Waals surface area contributed by atoms with Crippen molar-refractivity contribution in [2.75, 3.05) is 18.5 Å². The van der Waals surface area contributed by atoms with Crippen LogP contribution in [0.2, 0.25) is 5.02 Å². The van der Waals surface area contributed by atoms with E-state index in [-0.39, 0.29) is 11.6 Å². The molecule has 0 aliphatic rings. The molecule has 1 rings (SSSR count). The molecule has 0 saturated heterocycles. The molecule has 0 heterocycles. The largest absolute Gasteiger partial charge is 0.522 e. The Hall–Kier alpha value is -1.01. The predicted molar refractivity (Wildman–Crippen MR) is 51.9 cm³/mol. The summed E-state index contributed by atoms with van der Waals surface area (Å²) in [5, 5.41) is 2.51. The van der Waals surface area contributed by atoms with Crippen molar-refractivity contribution >= 4 is 17.3 Å². The Balaban J connectivity index is 2.35. The minimum atomic E-state index is -4.64. The summed E-state index contributed by atoms with van der Waals surface area (Å²) < 4.78 is 51.0. The lowest BCUT2D eigenvalue weighted by Crippen LogP contribution is -2.19. The summed E-state index contributed by atoms with van der Waals surface area (Å²) in [7, 11) is 0. The van der Waals surface area contributed by atoms with Gasteiger partial charge in [0.15, 0.2) is 0 Å². The highest BCUT2D eigenvalue weighted by molar-refractivity contribution is 6.31. The summed E-state index contributed by atoms with van der Waals surface area (Å²) in [4.78, 5) is 0. The van der Waals surface area contributed by atoms with Gasteiger partial charge in [-0.25, -0.2) is 4.39 Å². The molecule has 1 aromatic carbocycles. The number of halogens is 5. The topological polar surface area (TPSA) is 21.3 Å². The lowest BCUT2D eigenvalue weighted by molar-refractivity contribution is -0.322. The maximum atomic E-state index is 12.7. The first-order valence-corrected chi connectivity index (χ1v) is 4.66. The number of ether oxygens (including phenoxy) is 1. The van der Waals surface area contributed by atoms with Crippen LogP contribution in [0.4, 0.5) is 23.2 Å². The summed E-state index contributed by atoms with van der Waals surface area (Å²) in [5.41, 5.74) is 0.428. The molecule has 16 heavy (non-hydrogen) atoms. The van der Waals surface area contributed by atoms with E-state index >= 15 is 0 Å². The van der Waals surface area contributed by atoms with E-state index < -0.39 is 18.8 Å². The molecule has 0 amide bonds. The number of anilines is 1. The summed E-state index contributed by atoms with van der Waals surface area (Å²) >= 11 is 5.47. The number of alkyl halides is 3. The maximum absolute atomic E-state index is 12.7. The van der Waals surface area contributed by atoms with Crippen LogP contribution >= 0.6 is 11.6 Å². The molecule has 0 bridgehead atoms. The smallest absolute Gasteiger partial charge is 0.383 e. The van der Waals surface area contributed by atoms with Gasteiger partial charge in [-0.2, -0.15) is 0 Å². The van der Waals surface area contributed by atoms with Crippen molar-refractivity contribution in [1.82, 2.24) is 0 Å². The number of rotatable bonds is 4. The van der Waals surface area contributed by atoms with Gasteiger partial charge < -0.3 is 5.32 Å². The van der Waals surface area contributed by atoms with Crippen LogP contribution < -0.4 is 5.32 Å². The zero-order valence-electron chi connectivity index (χ0n) is 7.94. The molecule has 0 radical (unpaired) electrons. The fraction of sp³-hybridized carbons (Fsp3) is 0.333. The van der Waals surface area contributed by atoms with Gasteiger partial charge in [0.05, 0.1) is 11.6 Å². The second kappa shape index (κ2) is 5.36. The Bertz CT molecular complexity index is 356. The maximum Gasteiger partial charge on any atom is 0.522 e. The van der Waals surface area contributed by atoms with Crippen molar-refractivity contribution in [3.05, 3.63) is 29.0 Å². The third kappa shape index (κ3) is 4.67. The van der Waals surface area contributed by atoms with Gasteiger partial charge in [0.25, 0.3) is 0 Å². The SMILES string of the molecule is Fc1ccc(NCCOC(F)(F)F)cc1Cl. The van der Waals surface area contributed by atoms with Crippen molar-refractivity contribution in [1.29, 1.82) is 0 Å². The van der Waals surface area contributed by atoms with Crippen LogP contribution in [0, 0.1) is 5.82 Å². The average molecular weight is 258 g/mol. The Morgan fingerprint density at radius 2 is 2.00 bits per heavy atom. The molecule has 1 aromatic rings. The molecule has 0 aromatic heterocycles. The van der Waals surface area contributed by atoms with E-state index in [1.54, 1.807) is 0 Å². The lowest BCUT2D eigenvalue weighted by Gasteiger charge is -2.09. The quantitative estimate of drug-likeness (QED) is 0.659. The van der Waals surface area contributed by atoms with E-state index in [0.717, 1.165) is 6.07 Å². The van der Waals surface area contributed by atoms with E-state index in [1.165, 1.54) is 12.1 Å². The molecule has 0 aliphatic heterocycles. The first kappa shape index (κ1) is 13.1. The molecule has 0 fully saturated rings. The van der Waals surface area contributed by atoms with Crippen LogP contribution in [-0.2, 0) is 4.74 Å². The minimum Gasteiger partial charge on any atom is -0.383 e. The molecule has 0 saturated carbocycles. The van der Waals surface area contributed by atoms with E-state index in [9.17, 15) is 17.6 Å². The van der Waals surface area contributed by atoms with E-state index in [0.29, 0.717) is 5.69 Å². The van der Waals surface area contributed by atoms with Gasteiger partial charge in [-0.3, -0.25) is 4.74 Å². The summed E-state index contributed by atoms with van der Waals surface area (Å²) in [6.45, 7) is -0.583. The molecule has 0 spiro atoms. The summed E-state index contributed by atoms with van der Waals surface area (Å²) in [6.07, 6.45) is -4.64. The summed E-state index contributed by atoms with van der Waals surface area (Å²) in [6, 6.07) is 3.77. The van der Waals surface area contributed by atoms with Crippen LogP contribution in [-0.4, -0.2) is 19.5 Å². The van der Waals surface area contributed by atoms with Gasteiger partial charge in [0.2, 0.25) is 0 Å². The van der Waals surface area contributed by atoms with E-state index in [1.807, 2.05) is 0 Å². The van der Waals surface area contributed by atoms with Gasteiger partial charge in [-0.05, 0) is 18.2 Å². The van der Waals surface area contributed by atoms with Crippen molar-refractivity contribution in [2.45, 2.75) is 6.36 Å². The second-order valence-electron chi connectivity index (χ2n) is 2.85. The predicted octanol–water partition coefficient (Wildman–Crippen LogP) is 3.43. The van der Waals surface area contributed by atoms with Crippen LogP contribution in [0.5, 0.6) is 0 Å². The Kier molecular flexibility index (Phi) is 4.37. The molecular weight excluding hydrogens is 250 g/mol. The average Bonchev–Trinajstić information content (AvgIpc) is 2.17. The Morgan fingerprint density at radius 3 is 2.56 bits per heavy atom. The highest BCUT2D eigenvalue weighted by Gasteiger charge is 2.28. The zero-order chi connectivity index (χ0) is 12.2. The van der Waals surface area contributed by atoms with Gasteiger partial charge in [0, 0.05) is 12.2 Å². The fourth-order valence-electron chi connectivity index (χ4n) is 0.968. The van der Waals surface area contributed by atoms with E-state index in [4.69, 9.17) is 11.6 Å². The van der Waals surface area contributed by atoms with Crippen molar-refractivity contribution < 1.29 is 22.3 Å². The highest BCUT2D eigenvalue weighted by Crippen LogP contribution is 2.19. The second-order valence-corrected chi connectivity index (χ2v) is 3.26. The third-order valence-corrected chi connectivity index (χ3v) is 1.91. The molecule has 0 aliphatic carbocycles. The molecule has 2 nitrogen and oxygen atoms in total. The minimum absolute atomic E-state index is 0.0541. The molecule has 0 atom stereocenters. The van der Waals surface area contributed by atoms with E-state index in [2.05, 4.69) is 10.1 Å². The van der Waals surface area contributed by atoms with Gasteiger partial charge in [0.1, 0.15) is 5.82 Å². The van der Waals surface area contributed by atoms with Gasteiger partial charge in [-0.15, -0.1) is 13.2 Å². The number of hydrogen-bond donors (Lipinski definition) is 1. The fourth-order valence-corrected chi connectivity index (χ4v) is 1.15. The van der Waals surface area contributed by atoms with Crippen molar-refractivity contribution in [3.8, 4) is 0 Å². The molecule has 0 unspecified atom stereocenters. The lowest BCUT2D eigenvalue weighted by atomic mass is 10.3. The van der Waals surface area contributed by atoms with Gasteiger partial charge >= 0.3 is 6.36 Å². The summed E-state index contributed by atoms with van der Waals surface area (Å²) in [5.74, 6) is -0.584. The first-order chi connectivity index (χ1) is 7.38. The van der Waals surface area contributed by atoms with Gasteiger partial charge in [-0.1, -0.05) is 11.6 Å². The number of hydrogen-bond acceptors (Lipinski definition) is 2. The van der Waals surface area contributed by atoms with Crippen molar-refractivity contribution in [2.24, 2.45) is 0 Å². The van der Waals surface area contributed by atoms with Crippen LogP contribution in [0.1, 0.15) is 0 Å². The molecule has 7 heteroatoms. The van der Waals surface area contributed by atoms with Crippen molar-refractivity contribution in [3.63, 3.8) is 0 Å². The standard InChI is InChI=1S/C9H8ClF4NO/c10-7-5-6(1-2-8(7)11)15-3-4-16-9(12,13)14/h1-2,5,15H,3-4H2. The number of nitrogens with one attached hydrogen (secondary N) is 1. The molecule has 90 valence electrons. The zero-order valence-corrected chi connectivity index (χ0v) is 8.70. The van der Waals surface area contributed by atoms with Crippen LogP contribution in [0.3, 0.4) is 0 Å².